The molecule has 1 aliphatic rings. The van der Waals surface area contributed by atoms with Gasteiger partial charge in [0.15, 0.2) is 0 Å². The highest BCUT2D eigenvalue weighted by Crippen LogP contribution is 2.34. The van der Waals surface area contributed by atoms with Crippen molar-refractivity contribution in [2.24, 2.45) is 0 Å². The van der Waals surface area contributed by atoms with Crippen LogP contribution in [0.3, 0.4) is 0 Å². The minimum atomic E-state index is -0.550. The second-order valence-electron chi connectivity index (χ2n) is 6.67. The fraction of sp³-hybridized carbons (Fsp3) is 0.0435. The van der Waals surface area contributed by atoms with Crippen LogP contribution in [-0.2, 0) is 9.59 Å². The van der Waals surface area contributed by atoms with Crippen LogP contribution < -0.4 is 10.2 Å². The second-order valence-corrected chi connectivity index (χ2v) is 7.11. The number of carbonyl (C=O) groups is 2. The van der Waals surface area contributed by atoms with Crippen molar-refractivity contribution in [3.05, 3.63) is 100 Å². The van der Waals surface area contributed by atoms with E-state index in [9.17, 15) is 14.0 Å². The maximum absolute atomic E-state index is 13.7. The fourth-order valence-electron chi connectivity index (χ4n) is 3.16. The van der Waals surface area contributed by atoms with Gasteiger partial charge in [-0.3, -0.25) is 9.59 Å². The first-order valence-electron chi connectivity index (χ1n) is 8.92. The highest BCUT2D eigenvalue weighted by Gasteiger charge is 2.40. The molecule has 0 aromatic heterocycles. The molecule has 1 aliphatic heterocycles. The smallest absolute Gasteiger partial charge is 0.282 e. The third-order valence-electron chi connectivity index (χ3n) is 4.60. The normalized spacial score (nSPS) is 14.0. The van der Waals surface area contributed by atoms with E-state index in [4.69, 9.17) is 11.6 Å². The first-order valence-corrected chi connectivity index (χ1v) is 9.30. The standard InChI is InChI=1S/C23H16ClFN2O2/c1-14-5-11-18(12-6-14)26-21-20(15-7-9-16(24)10-8-15)22(28)27(23(21)29)19-4-2-3-17(25)13-19/h2-13,26H,1H3. The van der Waals surface area contributed by atoms with E-state index < -0.39 is 17.6 Å². The minimum Gasteiger partial charge on any atom is -0.350 e. The van der Waals surface area contributed by atoms with Crippen LogP contribution in [0, 0.1) is 12.7 Å². The van der Waals surface area contributed by atoms with Crippen LogP contribution >= 0.6 is 11.6 Å². The molecule has 29 heavy (non-hydrogen) atoms. The highest BCUT2D eigenvalue weighted by atomic mass is 35.5. The molecule has 6 heteroatoms. The molecule has 0 bridgehead atoms. The molecule has 2 amide bonds. The number of nitrogens with one attached hydrogen (secondary N) is 1. The molecule has 4 rings (SSSR count). The van der Waals surface area contributed by atoms with Gasteiger partial charge in [-0.15, -0.1) is 0 Å². The van der Waals surface area contributed by atoms with Gasteiger partial charge in [0.05, 0.1) is 11.3 Å². The lowest BCUT2D eigenvalue weighted by molar-refractivity contribution is -0.120. The van der Waals surface area contributed by atoms with Crippen LogP contribution in [0.25, 0.3) is 5.57 Å². The topological polar surface area (TPSA) is 49.4 Å². The summed E-state index contributed by atoms with van der Waals surface area (Å²) in [5.41, 5.74) is 2.78. The molecular weight excluding hydrogens is 391 g/mol. The van der Waals surface area contributed by atoms with Crippen molar-refractivity contribution in [3.63, 3.8) is 0 Å². The number of imide groups is 1. The van der Waals surface area contributed by atoms with Crippen molar-refractivity contribution < 1.29 is 14.0 Å². The average molecular weight is 407 g/mol. The lowest BCUT2D eigenvalue weighted by atomic mass is 10.0. The van der Waals surface area contributed by atoms with Crippen molar-refractivity contribution in [2.45, 2.75) is 6.92 Å². The summed E-state index contributed by atoms with van der Waals surface area (Å²) in [6, 6.07) is 19.5. The zero-order chi connectivity index (χ0) is 20.5. The van der Waals surface area contributed by atoms with Crippen LogP contribution in [0.2, 0.25) is 5.02 Å². The summed E-state index contributed by atoms with van der Waals surface area (Å²) >= 11 is 5.97. The Morgan fingerprint density at radius 1 is 0.897 bits per heavy atom. The Morgan fingerprint density at radius 3 is 2.24 bits per heavy atom. The quantitative estimate of drug-likeness (QED) is 0.607. The van der Waals surface area contributed by atoms with Crippen LogP contribution in [0.5, 0.6) is 0 Å². The summed E-state index contributed by atoms with van der Waals surface area (Å²) in [7, 11) is 0. The molecule has 144 valence electrons. The number of amides is 2. The van der Waals surface area contributed by atoms with E-state index >= 15 is 0 Å². The van der Waals surface area contributed by atoms with E-state index in [0.717, 1.165) is 16.5 Å². The van der Waals surface area contributed by atoms with Gasteiger partial charge in [0.2, 0.25) is 0 Å². The van der Waals surface area contributed by atoms with E-state index in [1.54, 1.807) is 24.3 Å². The van der Waals surface area contributed by atoms with Crippen molar-refractivity contribution in [1.29, 1.82) is 0 Å². The zero-order valence-corrected chi connectivity index (χ0v) is 16.2. The molecule has 0 radical (unpaired) electrons. The predicted molar refractivity (Wildman–Crippen MR) is 112 cm³/mol. The van der Waals surface area contributed by atoms with Gasteiger partial charge >= 0.3 is 0 Å². The average Bonchev–Trinajstić information content (AvgIpc) is 2.94. The van der Waals surface area contributed by atoms with Gasteiger partial charge in [0, 0.05) is 10.7 Å². The van der Waals surface area contributed by atoms with Crippen LogP contribution in [0.1, 0.15) is 11.1 Å². The van der Waals surface area contributed by atoms with Crippen molar-refractivity contribution in [2.75, 3.05) is 10.2 Å². The Kier molecular flexibility index (Phi) is 4.91. The summed E-state index contributed by atoms with van der Waals surface area (Å²) in [5.74, 6) is -1.61. The Bertz CT molecular complexity index is 1140. The molecule has 3 aromatic carbocycles. The summed E-state index contributed by atoms with van der Waals surface area (Å²) in [5, 5.41) is 3.58. The van der Waals surface area contributed by atoms with Gasteiger partial charge in [-0.2, -0.15) is 0 Å². The molecule has 3 aromatic rings. The molecule has 0 spiro atoms. The Morgan fingerprint density at radius 2 is 1.59 bits per heavy atom. The molecule has 0 saturated heterocycles. The molecule has 0 atom stereocenters. The molecule has 4 nitrogen and oxygen atoms in total. The van der Waals surface area contributed by atoms with Crippen LogP contribution in [0.4, 0.5) is 15.8 Å². The number of benzene rings is 3. The number of anilines is 2. The summed E-state index contributed by atoms with van der Waals surface area (Å²) < 4.78 is 13.7. The number of rotatable bonds is 4. The number of nitrogens with zero attached hydrogens (tertiary/aromatic N) is 1. The highest BCUT2D eigenvalue weighted by molar-refractivity contribution is 6.46. The SMILES string of the molecule is Cc1ccc(NC2=C(c3ccc(Cl)cc3)C(=O)N(c3cccc(F)c3)C2=O)cc1. The second kappa shape index (κ2) is 7.53. The monoisotopic (exact) mass is 406 g/mol. The van der Waals surface area contributed by atoms with Gasteiger partial charge in [-0.25, -0.2) is 9.29 Å². The minimum absolute atomic E-state index is 0.130. The Labute approximate surface area is 172 Å². The Balaban J connectivity index is 1.82. The number of aryl methyl sites for hydroxylation is 1. The lowest BCUT2D eigenvalue weighted by Crippen LogP contribution is -2.32. The maximum Gasteiger partial charge on any atom is 0.282 e. The van der Waals surface area contributed by atoms with E-state index in [2.05, 4.69) is 5.32 Å². The molecule has 0 saturated carbocycles. The summed E-state index contributed by atoms with van der Waals surface area (Å²) in [6.07, 6.45) is 0. The van der Waals surface area contributed by atoms with E-state index in [-0.39, 0.29) is 17.0 Å². The molecular formula is C23H16ClFN2O2. The zero-order valence-electron chi connectivity index (χ0n) is 15.4. The Hall–Kier alpha value is -3.44. The van der Waals surface area contributed by atoms with Gasteiger partial charge in [-0.1, -0.05) is 47.5 Å². The largest absolute Gasteiger partial charge is 0.350 e. The van der Waals surface area contributed by atoms with Gasteiger partial charge < -0.3 is 5.32 Å². The van der Waals surface area contributed by atoms with Crippen molar-refractivity contribution >= 4 is 40.4 Å². The molecule has 0 unspecified atom stereocenters. The molecule has 0 aliphatic carbocycles. The number of halogens is 2. The van der Waals surface area contributed by atoms with Gasteiger partial charge in [-0.05, 0) is 55.0 Å². The van der Waals surface area contributed by atoms with Crippen molar-refractivity contribution in [1.82, 2.24) is 0 Å². The maximum atomic E-state index is 13.7. The number of carbonyl (C=O) groups excluding carboxylic acids is 2. The van der Waals surface area contributed by atoms with Gasteiger partial charge in [0.25, 0.3) is 11.8 Å². The van der Waals surface area contributed by atoms with E-state index in [0.29, 0.717) is 16.3 Å². The molecule has 0 fully saturated rings. The van der Waals surface area contributed by atoms with Crippen molar-refractivity contribution in [3.8, 4) is 0 Å². The molecule has 1 N–H and O–H groups in total. The number of hydrogen-bond acceptors (Lipinski definition) is 3. The first-order chi connectivity index (χ1) is 13.9. The van der Waals surface area contributed by atoms with Crippen LogP contribution in [-0.4, -0.2) is 11.8 Å². The third-order valence-corrected chi connectivity index (χ3v) is 4.86. The number of hydrogen-bond donors (Lipinski definition) is 1. The fourth-order valence-corrected chi connectivity index (χ4v) is 3.29. The van der Waals surface area contributed by atoms with Gasteiger partial charge in [0.1, 0.15) is 11.5 Å². The molecule has 1 heterocycles. The third kappa shape index (κ3) is 3.65. The summed E-state index contributed by atoms with van der Waals surface area (Å²) in [4.78, 5) is 27.4. The van der Waals surface area contributed by atoms with Crippen LogP contribution in [0.15, 0.2) is 78.5 Å². The first kappa shape index (κ1) is 18.9. The predicted octanol–water partition coefficient (Wildman–Crippen LogP) is 5.18. The van der Waals surface area contributed by atoms with E-state index in [1.807, 2.05) is 31.2 Å². The summed E-state index contributed by atoms with van der Waals surface area (Å²) in [6.45, 7) is 1.96. The van der Waals surface area contributed by atoms with E-state index in [1.165, 1.54) is 18.2 Å². The lowest BCUT2D eigenvalue weighted by Gasteiger charge is -2.15.